The van der Waals surface area contributed by atoms with Crippen molar-refractivity contribution in [2.75, 3.05) is 0 Å². The molecule has 8 aromatic carbocycles. The van der Waals surface area contributed by atoms with E-state index in [0.29, 0.717) is 28.7 Å². The van der Waals surface area contributed by atoms with Crippen LogP contribution in [-0.2, 0) is 0 Å². The Morgan fingerprint density at radius 1 is 0.321 bits per heavy atom. The molecule has 0 spiro atoms. The topological polar surface area (TPSA) is 48.5 Å². The van der Waals surface area contributed by atoms with Crippen molar-refractivity contribution in [3.63, 3.8) is 0 Å². The molecular formula is C51H33N5. The fourth-order valence-electron chi connectivity index (χ4n) is 7.75. The highest BCUT2D eigenvalue weighted by Gasteiger charge is 2.18. The largest absolute Gasteiger partial charge is 0.309 e. The van der Waals surface area contributed by atoms with Gasteiger partial charge in [0.1, 0.15) is 0 Å². The molecule has 0 aliphatic carbocycles. The lowest BCUT2D eigenvalue weighted by Crippen LogP contribution is -2.02. The summed E-state index contributed by atoms with van der Waals surface area (Å²) in [7, 11) is 0. The molecule has 262 valence electrons. The molecule has 5 heteroatoms. The molecule has 0 N–H and O–H groups in total. The maximum atomic E-state index is 9.11. The highest BCUT2D eigenvalue weighted by molar-refractivity contribution is 6.10. The second-order valence-corrected chi connectivity index (χ2v) is 13.6. The van der Waals surface area contributed by atoms with E-state index in [0.717, 1.165) is 39.0 Å². The van der Waals surface area contributed by atoms with Gasteiger partial charge in [0.2, 0.25) is 0 Å². The third kappa shape index (κ3) is 5.29. The summed E-state index contributed by atoms with van der Waals surface area (Å²) in [4.78, 5) is 15.2. The first-order valence-electron chi connectivity index (χ1n) is 21.4. The van der Waals surface area contributed by atoms with Crippen LogP contribution in [0.25, 0.3) is 100 Å². The first-order valence-corrected chi connectivity index (χ1v) is 18.4. The van der Waals surface area contributed by atoms with Gasteiger partial charge in [0, 0.05) is 49.6 Å². The fraction of sp³-hybridized carbons (Fsp3) is 0. The molecule has 11 rings (SSSR count). The van der Waals surface area contributed by atoms with Gasteiger partial charge in [0.25, 0.3) is 0 Å². The van der Waals surface area contributed by atoms with E-state index >= 15 is 0 Å². The summed E-state index contributed by atoms with van der Waals surface area (Å²) in [5, 5.41) is 2.74. The number of para-hydroxylation sites is 4. The van der Waals surface area contributed by atoms with Crippen molar-refractivity contribution < 1.29 is 8.22 Å². The molecule has 0 unspecified atom stereocenters. The van der Waals surface area contributed by atoms with E-state index in [4.69, 9.17) is 23.2 Å². The molecule has 0 bridgehead atoms. The number of aromatic nitrogens is 5. The SMILES string of the molecule is [2H]c1cc([2H])c2c(c1[2H])c1c([2H])c([2H])cc([2H])c1n2-c1cc(-c2ccccc2)cc(-c2nc(-c3ccccc3)nc(-c3ccc(-n4c5ccccc5c5ccccc54)cc3)n2)c1. The quantitative estimate of drug-likeness (QED) is 0.172. The average Bonchev–Trinajstić information content (AvgIpc) is 3.86. The normalized spacial score (nSPS) is 13.1. The van der Waals surface area contributed by atoms with Gasteiger partial charge in [0.15, 0.2) is 17.5 Å². The molecule has 0 amide bonds. The second kappa shape index (κ2) is 13.0. The van der Waals surface area contributed by atoms with Crippen LogP contribution in [0.1, 0.15) is 8.22 Å². The smallest absolute Gasteiger partial charge is 0.164 e. The molecule has 0 aliphatic rings. The van der Waals surface area contributed by atoms with Crippen LogP contribution in [-0.4, -0.2) is 24.1 Å². The Labute approximate surface area is 331 Å². The van der Waals surface area contributed by atoms with Gasteiger partial charge in [-0.25, -0.2) is 15.0 Å². The molecule has 0 aliphatic heterocycles. The standard InChI is InChI=1S/C51H33N5/c1-3-15-34(16-4-1)37-31-38(33-40(32-37)56-47-25-13-9-21-43(47)44-22-10-14-26-48(44)56)51-53-49(35-17-5-2-6-18-35)52-50(54-51)36-27-29-39(30-28-36)55-45-23-11-7-19-41(45)42-20-8-12-24-46(42)55/h1-33H/i9D,10D,21D,22D,25D,26D. The van der Waals surface area contributed by atoms with Crippen LogP contribution in [0.5, 0.6) is 0 Å². The van der Waals surface area contributed by atoms with Crippen molar-refractivity contribution >= 4 is 43.6 Å². The third-order valence-electron chi connectivity index (χ3n) is 10.3. The Kier molecular flexibility index (Phi) is 6.10. The monoisotopic (exact) mass is 721 g/mol. The van der Waals surface area contributed by atoms with Crippen molar-refractivity contribution in [3.05, 3.63) is 200 Å². The summed E-state index contributed by atoms with van der Waals surface area (Å²) >= 11 is 0. The zero-order chi connectivity index (χ0) is 42.2. The predicted molar refractivity (Wildman–Crippen MR) is 230 cm³/mol. The summed E-state index contributed by atoms with van der Waals surface area (Å²) in [5.41, 5.74) is 8.23. The lowest BCUT2D eigenvalue weighted by Gasteiger charge is -2.14. The molecule has 3 aromatic heterocycles. The number of rotatable bonds is 6. The van der Waals surface area contributed by atoms with Crippen molar-refractivity contribution in [3.8, 4) is 56.7 Å². The Balaban J connectivity index is 1.15. The Bertz CT molecular complexity index is 3460. The molecule has 0 saturated heterocycles. The Morgan fingerprint density at radius 3 is 1.38 bits per heavy atom. The van der Waals surface area contributed by atoms with Gasteiger partial charge in [-0.2, -0.15) is 0 Å². The van der Waals surface area contributed by atoms with Crippen LogP contribution in [0.4, 0.5) is 0 Å². The van der Waals surface area contributed by atoms with Gasteiger partial charge >= 0.3 is 0 Å². The zero-order valence-corrected chi connectivity index (χ0v) is 29.8. The van der Waals surface area contributed by atoms with Crippen molar-refractivity contribution in [1.29, 1.82) is 0 Å². The molecule has 3 heterocycles. The van der Waals surface area contributed by atoms with Crippen molar-refractivity contribution in [2.24, 2.45) is 0 Å². The summed E-state index contributed by atoms with van der Waals surface area (Å²) in [5.74, 6) is 1.34. The number of hydrogen-bond acceptors (Lipinski definition) is 3. The van der Waals surface area contributed by atoms with Gasteiger partial charge in [-0.3, -0.25) is 0 Å². The molecule has 0 radical (unpaired) electrons. The molecular weight excluding hydrogens is 683 g/mol. The minimum absolute atomic E-state index is 0.0349. The average molecular weight is 722 g/mol. The van der Waals surface area contributed by atoms with Crippen molar-refractivity contribution in [2.45, 2.75) is 0 Å². The Morgan fingerprint density at radius 2 is 0.786 bits per heavy atom. The van der Waals surface area contributed by atoms with Gasteiger partial charge in [-0.05, 0) is 77.8 Å². The fourth-order valence-corrected chi connectivity index (χ4v) is 7.75. The van der Waals surface area contributed by atoms with Gasteiger partial charge in [-0.15, -0.1) is 0 Å². The molecule has 56 heavy (non-hydrogen) atoms. The van der Waals surface area contributed by atoms with E-state index < -0.39 is 0 Å². The molecule has 11 aromatic rings. The van der Waals surface area contributed by atoms with Crippen LogP contribution in [0.2, 0.25) is 0 Å². The minimum atomic E-state index is -0.171. The first-order chi connectivity index (χ1) is 30.2. The van der Waals surface area contributed by atoms with Gasteiger partial charge in [0.05, 0.1) is 30.3 Å². The van der Waals surface area contributed by atoms with E-state index in [9.17, 15) is 0 Å². The van der Waals surface area contributed by atoms with Crippen LogP contribution in [0.3, 0.4) is 0 Å². The summed E-state index contributed by atoms with van der Waals surface area (Å²) in [6.45, 7) is 0. The van der Waals surface area contributed by atoms with Crippen LogP contribution >= 0.6 is 0 Å². The van der Waals surface area contributed by atoms with E-state index in [1.807, 2.05) is 91.0 Å². The minimum Gasteiger partial charge on any atom is -0.309 e. The van der Waals surface area contributed by atoms with Crippen LogP contribution in [0.15, 0.2) is 200 Å². The molecule has 0 saturated carbocycles. The van der Waals surface area contributed by atoms with Crippen molar-refractivity contribution in [1.82, 2.24) is 24.1 Å². The molecule has 0 atom stereocenters. The summed E-state index contributed by atoms with van der Waals surface area (Å²) < 4.78 is 57.1. The lowest BCUT2D eigenvalue weighted by atomic mass is 10.0. The van der Waals surface area contributed by atoms with E-state index in [1.165, 1.54) is 22.9 Å². The number of hydrogen-bond donors (Lipinski definition) is 0. The summed E-state index contributed by atoms with van der Waals surface area (Å²) in [6.07, 6.45) is 0. The number of benzene rings is 8. The molecule has 5 nitrogen and oxygen atoms in total. The van der Waals surface area contributed by atoms with Gasteiger partial charge in [-0.1, -0.05) is 133 Å². The molecule has 0 fully saturated rings. The third-order valence-corrected chi connectivity index (χ3v) is 10.3. The van der Waals surface area contributed by atoms with E-state index in [2.05, 4.69) is 65.2 Å². The maximum absolute atomic E-state index is 9.11. The number of nitrogens with zero attached hydrogens (tertiary/aromatic N) is 5. The second-order valence-electron chi connectivity index (χ2n) is 13.6. The Hall–Kier alpha value is -7.63. The lowest BCUT2D eigenvalue weighted by molar-refractivity contribution is 1.07. The van der Waals surface area contributed by atoms with E-state index in [1.54, 1.807) is 4.57 Å². The number of fused-ring (bicyclic) bond motifs is 6. The van der Waals surface area contributed by atoms with Gasteiger partial charge < -0.3 is 9.13 Å². The van der Waals surface area contributed by atoms with E-state index in [-0.39, 0.29) is 58.1 Å². The van der Waals surface area contributed by atoms with Crippen LogP contribution < -0.4 is 0 Å². The maximum Gasteiger partial charge on any atom is 0.164 e. The zero-order valence-electron chi connectivity index (χ0n) is 35.8. The predicted octanol–water partition coefficient (Wildman–Crippen LogP) is 12.7. The first kappa shape index (κ1) is 26.2. The van der Waals surface area contributed by atoms with Crippen LogP contribution in [0, 0.1) is 0 Å². The highest BCUT2D eigenvalue weighted by Crippen LogP contribution is 2.37. The highest BCUT2D eigenvalue weighted by atomic mass is 15.0. The summed E-state index contributed by atoms with van der Waals surface area (Å²) in [6, 6.07) is 52.3.